The van der Waals surface area contributed by atoms with Crippen LogP contribution in [-0.4, -0.2) is 63.8 Å². The number of esters is 1. The van der Waals surface area contributed by atoms with Crippen LogP contribution in [0.5, 0.6) is 0 Å². The topological polar surface area (TPSA) is 96.7 Å². The van der Waals surface area contributed by atoms with Crippen LogP contribution in [0, 0.1) is 24.2 Å². The monoisotopic (exact) mass is 720 g/mol. The molecule has 7 nitrogen and oxygen atoms in total. The second-order valence-electron chi connectivity index (χ2n) is 15.4. The Balaban J connectivity index is 2.05. The maximum atomic E-state index is 14.9. The fraction of sp³-hybridized carbons (Fsp3) is 0.816. The van der Waals surface area contributed by atoms with Crippen molar-refractivity contribution >= 4 is 45.8 Å². The van der Waals surface area contributed by atoms with Crippen LogP contribution in [0.4, 0.5) is 0 Å². The van der Waals surface area contributed by atoms with E-state index < -0.39 is 28.2 Å². The predicted octanol–water partition coefficient (Wildman–Crippen LogP) is 9.72. The number of aryl methyl sites for hydroxylation is 1. The number of Topliss-reactive ketones (excluding diaryl/α,β-unsaturated/α-hetero) is 1. The van der Waals surface area contributed by atoms with Crippen LogP contribution in [0.3, 0.4) is 0 Å². The quantitative estimate of drug-likeness (QED) is 0.130. The number of ketones is 1. The predicted molar refractivity (Wildman–Crippen MR) is 205 cm³/mol. The lowest BCUT2D eigenvalue weighted by Gasteiger charge is -2.44. The largest absolute Gasteiger partial charge is 0.458 e. The normalized spacial score (nSPS) is 29.8. The molecule has 3 rings (SSSR count). The Bertz CT molecular complexity index is 1210. The molecule has 1 aromatic rings. The Morgan fingerprint density at radius 2 is 1.56 bits per heavy atom. The third-order valence-electron chi connectivity index (χ3n) is 12.1. The number of fused-ring (bicyclic) bond motifs is 1. The van der Waals surface area contributed by atoms with Crippen molar-refractivity contribution in [1.29, 1.82) is 0 Å². The van der Waals surface area contributed by atoms with Gasteiger partial charge >= 0.3 is 5.97 Å². The standard InChI is InChI=1S/C38H68N2O5SSi2/c1-13-47(14-2,15-3)44-34-24-35(41)43-33(27(8)22-30-25-46-29(10)39-30)23-32-31(40-32)21-19-20-26(7)36(28(9)37(42)38(34,11)12)45-48(16-4,17-5)18-6/h22,25-26,28,31-34,36,40H,13-21,23-24H2,1-12H3/t26-,28+,31+,32-,33-,34-,36-/m0/s1. The van der Waals surface area contributed by atoms with Gasteiger partial charge in [0, 0.05) is 35.2 Å². The van der Waals surface area contributed by atoms with E-state index in [0.717, 1.165) is 78.2 Å². The molecule has 2 fully saturated rings. The smallest absolute Gasteiger partial charge is 0.309 e. The number of carbonyl (C=O) groups is 2. The fourth-order valence-electron chi connectivity index (χ4n) is 7.89. The summed E-state index contributed by atoms with van der Waals surface area (Å²) in [5.74, 6) is -0.224. The first kappa shape index (κ1) is 41.2. The van der Waals surface area contributed by atoms with Crippen molar-refractivity contribution in [3.63, 3.8) is 0 Å². The van der Waals surface area contributed by atoms with E-state index in [9.17, 15) is 9.59 Å². The molecule has 0 spiro atoms. The number of aromatic nitrogens is 1. The molecule has 0 saturated carbocycles. The molecule has 0 bridgehead atoms. The summed E-state index contributed by atoms with van der Waals surface area (Å²) in [7, 11) is -4.18. The van der Waals surface area contributed by atoms with E-state index in [1.54, 1.807) is 11.3 Å². The van der Waals surface area contributed by atoms with Crippen molar-refractivity contribution in [1.82, 2.24) is 10.3 Å². The van der Waals surface area contributed by atoms with Gasteiger partial charge in [-0.2, -0.15) is 0 Å². The van der Waals surface area contributed by atoms with Gasteiger partial charge in [-0.25, -0.2) is 4.98 Å². The van der Waals surface area contributed by atoms with Gasteiger partial charge in [-0.15, -0.1) is 11.3 Å². The van der Waals surface area contributed by atoms with Crippen molar-refractivity contribution in [3.8, 4) is 0 Å². The van der Waals surface area contributed by atoms with Gasteiger partial charge in [-0.05, 0) is 80.5 Å². The fourth-order valence-corrected chi connectivity index (χ4v) is 14.5. The number of nitrogens with zero attached hydrogens (tertiary/aromatic N) is 1. The number of rotatable bonds is 12. The maximum Gasteiger partial charge on any atom is 0.309 e. The molecule has 48 heavy (non-hydrogen) atoms. The first-order chi connectivity index (χ1) is 22.6. The third-order valence-corrected chi connectivity index (χ3v) is 22.2. The molecule has 3 heterocycles. The summed E-state index contributed by atoms with van der Waals surface area (Å²) in [4.78, 5) is 33.5. The first-order valence-corrected chi connectivity index (χ1v) is 25.0. The molecule has 1 N–H and O–H groups in total. The zero-order chi connectivity index (χ0) is 35.9. The molecule has 2 aliphatic rings. The SMILES string of the molecule is CC[Si](CC)(CC)O[C@H]1[C@@H](C)CCC[C@H]2N[C@H]2C[C@@H](C(C)=Cc2csc(C)n2)OC(=O)C[C@H](O[Si](CC)(CC)CC)C(C)(C)C(=O)[C@@H]1C. The lowest BCUT2D eigenvalue weighted by atomic mass is 9.73. The lowest BCUT2D eigenvalue weighted by molar-refractivity contribution is -0.153. The van der Waals surface area contributed by atoms with Gasteiger partial charge in [0.1, 0.15) is 11.9 Å². The molecule has 0 amide bonds. The summed E-state index contributed by atoms with van der Waals surface area (Å²) in [6, 6.07) is 6.70. The summed E-state index contributed by atoms with van der Waals surface area (Å²) >= 11 is 1.62. The zero-order valence-corrected chi connectivity index (χ0v) is 35.2. The summed E-state index contributed by atoms with van der Waals surface area (Å²) in [5.41, 5.74) is 0.995. The van der Waals surface area contributed by atoms with Crippen LogP contribution in [0.2, 0.25) is 36.3 Å². The average molecular weight is 721 g/mol. The molecule has 0 aliphatic carbocycles. The summed E-state index contributed by atoms with van der Waals surface area (Å²) in [5, 5.41) is 6.74. The van der Waals surface area contributed by atoms with Crippen LogP contribution in [0.1, 0.15) is 119 Å². The lowest BCUT2D eigenvalue weighted by Crippen LogP contribution is -2.53. The van der Waals surface area contributed by atoms with E-state index in [2.05, 4.69) is 71.8 Å². The van der Waals surface area contributed by atoms with E-state index in [0.29, 0.717) is 12.1 Å². The summed E-state index contributed by atoms with van der Waals surface area (Å²) < 4.78 is 20.7. The highest BCUT2D eigenvalue weighted by Crippen LogP contribution is 2.40. The van der Waals surface area contributed by atoms with Crippen molar-refractivity contribution in [2.45, 2.75) is 182 Å². The van der Waals surface area contributed by atoms with Gasteiger partial charge in [0.2, 0.25) is 0 Å². The molecule has 0 radical (unpaired) electrons. The van der Waals surface area contributed by atoms with E-state index in [1.165, 1.54) is 0 Å². The molecule has 2 aliphatic heterocycles. The number of nitrogens with one attached hydrogen (secondary N) is 1. The minimum absolute atomic E-state index is 0.0555. The number of hydrogen-bond donors (Lipinski definition) is 1. The van der Waals surface area contributed by atoms with Crippen LogP contribution in [-0.2, 0) is 23.2 Å². The highest BCUT2D eigenvalue weighted by atomic mass is 32.1. The van der Waals surface area contributed by atoms with Gasteiger partial charge in [0.25, 0.3) is 0 Å². The van der Waals surface area contributed by atoms with Crippen molar-refractivity contribution in [2.75, 3.05) is 0 Å². The first-order valence-electron chi connectivity index (χ1n) is 19.1. The van der Waals surface area contributed by atoms with Gasteiger partial charge in [-0.3, -0.25) is 9.59 Å². The highest BCUT2D eigenvalue weighted by Gasteiger charge is 2.49. The Hall–Kier alpha value is -1.18. The van der Waals surface area contributed by atoms with E-state index >= 15 is 0 Å². The van der Waals surface area contributed by atoms with Crippen molar-refractivity contribution in [2.24, 2.45) is 17.3 Å². The molecule has 0 unspecified atom stereocenters. The van der Waals surface area contributed by atoms with Gasteiger partial charge in [0.15, 0.2) is 16.6 Å². The second-order valence-corrected chi connectivity index (χ2v) is 25.9. The number of thiazole rings is 1. The summed E-state index contributed by atoms with van der Waals surface area (Å²) in [6.07, 6.45) is 4.90. The molecule has 0 aromatic carbocycles. The minimum atomic E-state index is -2.19. The maximum absolute atomic E-state index is 14.9. The number of hydrogen-bond acceptors (Lipinski definition) is 8. The van der Waals surface area contributed by atoms with Crippen molar-refractivity contribution in [3.05, 3.63) is 21.7 Å². The number of carbonyl (C=O) groups excluding carboxylic acids is 2. The third kappa shape index (κ3) is 10.2. The molecule has 10 heteroatoms. The van der Waals surface area contributed by atoms with Gasteiger partial charge in [-0.1, -0.05) is 75.7 Å². The molecule has 1 aromatic heterocycles. The Kier molecular flexibility index (Phi) is 15.3. The van der Waals surface area contributed by atoms with E-state index in [-0.39, 0.29) is 42.2 Å². The van der Waals surface area contributed by atoms with Crippen LogP contribution >= 0.6 is 11.3 Å². The minimum Gasteiger partial charge on any atom is -0.458 e. The molecule has 7 atom stereocenters. The average Bonchev–Trinajstić information content (AvgIpc) is 3.68. The van der Waals surface area contributed by atoms with E-state index in [1.807, 2.05) is 33.1 Å². The highest BCUT2D eigenvalue weighted by molar-refractivity contribution is 7.09. The number of cyclic esters (lactones) is 1. The summed E-state index contributed by atoms with van der Waals surface area (Å²) in [6.45, 7) is 25.8. The van der Waals surface area contributed by atoms with Crippen LogP contribution in [0.15, 0.2) is 11.0 Å². The molecular formula is C38H68N2O5SSi2. The Morgan fingerprint density at radius 1 is 0.979 bits per heavy atom. The second kappa shape index (κ2) is 17.8. The van der Waals surface area contributed by atoms with E-state index in [4.69, 9.17) is 13.6 Å². The number of ether oxygens (including phenoxy) is 1. The van der Waals surface area contributed by atoms with Crippen LogP contribution in [0.25, 0.3) is 6.08 Å². The van der Waals surface area contributed by atoms with Crippen LogP contribution < -0.4 is 5.32 Å². The zero-order valence-electron chi connectivity index (χ0n) is 32.4. The molecule has 2 saturated heterocycles. The molecule has 274 valence electrons. The van der Waals surface area contributed by atoms with Crippen molar-refractivity contribution < 1.29 is 23.2 Å². The molecular weight excluding hydrogens is 653 g/mol. The van der Waals surface area contributed by atoms with Gasteiger partial charge in [0.05, 0.1) is 29.3 Å². The Labute approximate surface area is 299 Å². The van der Waals surface area contributed by atoms with Gasteiger partial charge < -0.3 is 18.9 Å². The Morgan fingerprint density at radius 3 is 2.10 bits per heavy atom.